The Bertz CT molecular complexity index is 736. The number of esters is 1. The Labute approximate surface area is 142 Å². The number of carbonyl (C=O) groups excluding carboxylic acids is 2. The molecule has 0 fully saturated rings. The van der Waals surface area contributed by atoms with Crippen LogP contribution in [0.2, 0.25) is 0 Å². The van der Waals surface area contributed by atoms with Gasteiger partial charge >= 0.3 is 12.6 Å². The van der Waals surface area contributed by atoms with E-state index in [1.807, 2.05) is 0 Å². The fourth-order valence-electron chi connectivity index (χ4n) is 1.99. The lowest BCUT2D eigenvalue weighted by atomic mass is 10.1. The van der Waals surface area contributed by atoms with E-state index in [-0.39, 0.29) is 12.3 Å². The number of hydrogen-bond donors (Lipinski definition) is 2. The molecule has 2 N–H and O–H groups in total. The van der Waals surface area contributed by atoms with E-state index < -0.39 is 18.5 Å². The van der Waals surface area contributed by atoms with Crippen LogP contribution in [-0.2, 0) is 9.53 Å². The molecule has 1 amide bonds. The minimum Gasteiger partial charge on any atom is -0.468 e. The van der Waals surface area contributed by atoms with Crippen LogP contribution in [0.3, 0.4) is 0 Å². The summed E-state index contributed by atoms with van der Waals surface area (Å²) in [4.78, 5) is 23.6. The van der Waals surface area contributed by atoms with Crippen molar-refractivity contribution in [3.05, 3.63) is 54.1 Å². The van der Waals surface area contributed by atoms with Crippen LogP contribution < -0.4 is 15.4 Å². The van der Waals surface area contributed by atoms with Crippen molar-refractivity contribution in [2.24, 2.45) is 0 Å². The normalized spacial score (nSPS) is 10.2. The van der Waals surface area contributed by atoms with Gasteiger partial charge in [0.2, 0.25) is 0 Å². The Morgan fingerprint density at radius 1 is 1.08 bits per heavy atom. The third-order valence-electron chi connectivity index (χ3n) is 3.16. The number of rotatable bonds is 7. The van der Waals surface area contributed by atoms with Gasteiger partial charge in [-0.25, -0.2) is 0 Å². The molecule has 2 aromatic carbocycles. The third-order valence-corrected chi connectivity index (χ3v) is 3.16. The lowest BCUT2D eigenvalue weighted by Gasteiger charge is -2.12. The fraction of sp³-hybridized carbons (Fsp3) is 0.176. The summed E-state index contributed by atoms with van der Waals surface area (Å²) in [5.41, 5.74) is 1.19. The largest absolute Gasteiger partial charge is 0.468 e. The van der Waals surface area contributed by atoms with Gasteiger partial charge in [0.25, 0.3) is 5.91 Å². The molecule has 0 aromatic heterocycles. The molecule has 0 spiro atoms. The maximum absolute atomic E-state index is 12.4. The second kappa shape index (κ2) is 8.62. The zero-order valence-corrected chi connectivity index (χ0v) is 13.3. The van der Waals surface area contributed by atoms with E-state index >= 15 is 0 Å². The topological polar surface area (TPSA) is 76.7 Å². The molecule has 0 saturated heterocycles. The number of alkyl halides is 2. The van der Waals surface area contributed by atoms with Crippen LogP contribution in [0.1, 0.15) is 10.4 Å². The number of benzene rings is 2. The van der Waals surface area contributed by atoms with Crippen LogP contribution in [0, 0.1) is 0 Å². The molecule has 0 aliphatic rings. The number of anilines is 2. The Hall–Kier alpha value is -3.16. The first-order chi connectivity index (χ1) is 12.0. The number of halogens is 2. The average Bonchev–Trinajstić information content (AvgIpc) is 2.61. The van der Waals surface area contributed by atoms with Gasteiger partial charge in [-0.1, -0.05) is 12.1 Å². The van der Waals surface area contributed by atoms with Gasteiger partial charge < -0.3 is 20.1 Å². The molecule has 6 nitrogen and oxygen atoms in total. The van der Waals surface area contributed by atoms with Gasteiger partial charge in [0.15, 0.2) is 0 Å². The van der Waals surface area contributed by atoms with Crippen LogP contribution in [0.4, 0.5) is 20.2 Å². The van der Waals surface area contributed by atoms with E-state index in [0.717, 1.165) is 0 Å². The van der Waals surface area contributed by atoms with E-state index in [0.29, 0.717) is 16.9 Å². The SMILES string of the molecule is COC(=O)CNc1ccccc1C(=O)Nc1ccc(OC(F)F)cc1. The summed E-state index contributed by atoms with van der Waals surface area (Å²) >= 11 is 0. The van der Waals surface area contributed by atoms with Crippen LogP contribution >= 0.6 is 0 Å². The molecule has 0 radical (unpaired) electrons. The van der Waals surface area contributed by atoms with Crippen molar-refractivity contribution in [2.75, 3.05) is 24.3 Å². The molecule has 0 heterocycles. The van der Waals surface area contributed by atoms with Crippen molar-refractivity contribution in [3.8, 4) is 5.75 Å². The number of amides is 1. The highest BCUT2D eigenvalue weighted by Gasteiger charge is 2.12. The van der Waals surface area contributed by atoms with Crippen molar-refractivity contribution < 1.29 is 27.8 Å². The van der Waals surface area contributed by atoms with Gasteiger partial charge in [0.05, 0.1) is 12.7 Å². The number of carbonyl (C=O) groups is 2. The van der Waals surface area contributed by atoms with Gasteiger partial charge in [0.1, 0.15) is 12.3 Å². The summed E-state index contributed by atoms with van der Waals surface area (Å²) in [6.45, 7) is -2.99. The number of para-hydroxylation sites is 1. The van der Waals surface area contributed by atoms with Crippen LogP contribution in [0.15, 0.2) is 48.5 Å². The summed E-state index contributed by atoms with van der Waals surface area (Å²) in [6.07, 6.45) is 0. The predicted octanol–water partition coefficient (Wildman–Crippen LogP) is 3.13. The Balaban J connectivity index is 2.06. The summed E-state index contributed by atoms with van der Waals surface area (Å²) < 4.78 is 33.0. The Morgan fingerprint density at radius 2 is 1.76 bits per heavy atom. The molecule has 25 heavy (non-hydrogen) atoms. The highest BCUT2D eigenvalue weighted by Crippen LogP contribution is 2.20. The van der Waals surface area contributed by atoms with Gasteiger partial charge in [-0.2, -0.15) is 8.78 Å². The zero-order chi connectivity index (χ0) is 18.2. The molecule has 2 aromatic rings. The Morgan fingerprint density at radius 3 is 2.40 bits per heavy atom. The van der Waals surface area contributed by atoms with Gasteiger partial charge in [-0.05, 0) is 36.4 Å². The molecule has 8 heteroatoms. The predicted molar refractivity (Wildman–Crippen MR) is 88.0 cm³/mol. The molecule has 0 atom stereocenters. The Kier molecular flexibility index (Phi) is 6.27. The summed E-state index contributed by atoms with van der Waals surface area (Å²) in [7, 11) is 1.27. The molecule has 0 unspecified atom stereocenters. The van der Waals surface area contributed by atoms with Crippen LogP contribution in [0.25, 0.3) is 0 Å². The first kappa shape index (κ1) is 18.2. The smallest absolute Gasteiger partial charge is 0.387 e. The van der Waals surface area contributed by atoms with Crippen molar-refractivity contribution in [1.82, 2.24) is 0 Å². The van der Waals surface area contributed by atoms with Crippen molar-refractivity contribution in [1.29, 1.82) is 0 Å². The van der Waals surface area contributed by atoms with E-state index in [2.05, 4.69) is 20.1 Å². The van der Waals surface area contributed by atoms with Crippen molar-refractivity contribution in [2.45, 2.75) is 6.61 Å². The first-order valence-corrected chi connectivity index (χ1v) is 7.25. The molecule has 0 bridgehead atoms. The molecule has 0 saturated carbocycles. The van der Waals surface area contributed by atoms with Crippen LogP contribution in [0.5, 0.6) is 5.75 Å². The lowest BCUT2D eigenvalue weighted by molar-refractivity contribution is -0.138. The monoisotopic (exact) mass is 350 g/mol. The van der Waals surface area contributed by atoms with Crippen molar-refractivity contribution >= 4 is 23.3 Å². The van der Waals surface area contributed by atoms with E-state index in [1.165, 1.54) is 31.4 Å². The second-order valence-electron chi connectivity index (χ2n) is 4.83. The molecule has 2 rings (SSSR count). The quantitative estimate of drug-likeness (QED) is 0.751. The minimum absolute atomic E-state index is 0.00635. The zero-order valence-electron chi connectivity index (χ0n) is 13.3. The molecular formula is C17H16F2N2O4. The molecule has 132 valence electrons. The van der Waals surface area contributed by atoms with Crippen LogP contribution in [-0.4, -0.2) is 32.1 Å². The lowest BCUT2D eigenvalue weighted by Crippen LogP contribution is -2.19. The number of nitrogens with one attached hydrogen (secondary N) is 2. The standard InChI is InChI=1S/C17H16F2N2O4/c1-24-15(22)10-20-14-5-3-2-4-13(14)16(23)21-11-6-8-12(9-7-11)25-17(18)19/h2-9,17,20H,10H2,1H3,(H,21,23). The van der Waals surface area contributed by atoms with E-state index in [4.69, 9.17) is 0 Å². The fourth-order valence-corrected chi connectivity index (χ4v) is 1.99. The highest BCUT2D eigenvalue weighted by atomic mass is 19.3. The summed E-state index contributed by atoms with van der Waals surface area (Å²) in [5, 5.41) is 5.47. The van der Waals surface area contributed by atoms with Gasteiger partial charge in [0, 0.05) is 11.4 Å². The average molecular weight is 350 g/mol. The van der Waals surface area contributed by atoms with E-state index in [9.17, 15) is 18.4 Å². The van der Waals surface area contributed by atoms with Gasteiger partial charge in [-0.15, -0.1) is 0 Å². The maximum Gasteiger partial charge on any atom is 0.387 e. The summed E-state index contributed by atoms with van der Waals surface area (Å²) in [6, 6.07) is 12.2. The highest BCUT2D eigenvalue weighted by molar-refractivity contribution is 6.08. The maximum atomic E-state index is 12.4. The van der Waals surface area contributed by atoms with Crippen molar-refractivity contribution in [3.63, 3.8) is 0 Å². The number of methoxy groups -OCH3 is 1. The van der Waals surface area contributed by atoms with E-state index in [1.54, 1.807) is 24.3 Å². The molecule has 0 aliphatic carbocycles. The van der Waals surface area contributed by atoms with Gasteiger partial charge in [-0.3, -0.25) is 9.59 Å². The minimum atomic E-state index is -2.91. The molecular weight excluding hydrogens is 334 g/mol. The number of ether oxygens (including phenoxy) is 2. The first-order valence-electron chi connectivity index (χ1n) is 7.25. The second-order valence-corrected chi connectivity index (χ2v) is 4.83. The molecule has 0 aliphatic heterocycles. The number of hydrogen-bond acceptors (Lipinski definition) is 5. The third kappa shape index (κ3) is 5.45. The summed E-state index contributed by atoms with van der Waals surface area (Å²) in [5.74, 6) is -0.895.